The van der Waals surface area contributed by atoms with Gasteiger partial charge in [0.1, 0.15) is 5.69 Å². The van der Waals surface area contributed by atoms with Gasteiger partial charge in [-0.25, -0.2) is 9.97 Å². The van der Waals surface area contributed by atoms with E-state index in [-0.39, 0.29) is 11.0 Å². The number of rotatable bonds is 10. The van der Waals surface area contributed by atoms with E-state index in [0.717, 1.165) is 5.56 Å². The molecule has 210 valence electrons. The minimum Gasteiger partial charge on any atom is -0.438 e. The first-order valence-electron chi connectivity index (χ1n) is 12.0. The monoisotopic (exact) mass is 560 g/mol. The summed E-state index contributed by atoms with van der Waals surface area (Å²) in [5.74, 6) is -1.74. The highest BCUT2D eigenvalue weighted by Crippen LogP contribution is 2.47. The normalized spacial score (nSPS) is 12.4. The van der Waals surface area contributed by atoms with Gasteiger partial charge < -0.3 is 19.8 Å². The number of pyridine rings is 1. The fourth-order valence-corrected chi connectivity index (χ4v) is 4.38. The van der Waals surface area contributed by atoms with Crippen LogP contribution in [0.4, 0.5) is 0 Å². The van der Waals surface area contributed by atoms with Crippen molar-refractivity contribution < 1.29 is 37.5 Å². The lowest BCUT2D eigenvalue weighted by Gasteiger charge is -2.22. The van der Waals surface area contributed by atoms with Crippen LogP contribution >= 0.6 is 7.60 Å². The van der Waals surface area contributed by atoms with Gasteiger partial charge in [-0.15, -0.1) is 0 Å². The van der Waals surface area contributed by atoms with Crippen molar-refractivity contribution in [1.82, 2.24) is 14.5 Å². The Labute approximate surface area is 226 Å². The predicted molar refractivity (Wildman–Crippen MR) is 142 cm³/mol. The Balaban J connectivity index is 1.77. The minimum atomic E-state index is -4.06. The summed E-state index contributed by atoms with van der Waals surface area (Å²) in [5.41, 5.74) is 5.73. The standard InChI is InChI=1S/C26H33N4O8P/c1-25(2,3)23(32)35-15-37-39(34,38-16-36-24(33)26(4,5)6)18-9-7-17(8-10-18)13-30-14-28-22-20(30)12-11-19(29-22)21(27)31/h7-12,14H,13,15-16H2,1-6H3,(H2,27,31). The average molecular weight is 561 g/mol. The molecular formula is C26H33N4O8P. The topological polar surface area (TPSA) is 162 Å². The molecule has 0 bridgehead atoms. The summed E-state index contributed by atoms with van der Waals surface area (Å²) in [6, 6.07) is 9.76. The highest BCUT2D eigenvalue weighted by molar-refractivity contribution is 7.62. The van der Waals surface area contributed by atoms with E-state index >= 15 is 0 Å². The lowest BCUT2D eigenvalue weighted by Crippen LogP contribution is -2.25. The average Bonchev–Trinajstić information content (AvgIpc) is 3.25. The second-order valence-electron chi connectivity index (χ2n) is 10.8. The van der Waals surface area contributed by atoms with Crippen molar-refractivity contribution in [2.75, 3.05) is 13.6 Å². The van der Waals surface area contributed by atoms with Crippen LogP contribution in [-0.2, 0) is 39.2 Å². The molecule has 1 amide bonds. The van der Waals surface area contributed by atoms with Crippen LogP contribution in [0.3, 0.4) is 0 Å². The molecule has 2 aromatic heterocycles. The van der Waals surface area contributed by atoms with Gasteiger partial charge in [-0.3, -0.25) is 28.0 Å². The first-order valence-corrected chi connectivity index (χ1v) is 13.6. The van der Waals surface area contributed by atoms with E-state index in [2.05, 4.69) is 9.97 Å². The molecule has 0 aliphatic carbocycles. The number of primary amides is 1. The first-order chi connectivity index (χ1) is 18.1. The minimum absolute atomic E-state index is 0.120. The molecule has 0 unspecified atom stereocenters. The number of carbonyl (C=O) groups excluding carboxylic acids is 3. The molecule has 0 saturated heterocycles. The van der Waals surface area contributed by atoms with Crippen molar-refractivity contribution in [3.8, 4) is 0 Å². The number of amides is 1. The van der Waals surface area contributed by atoms with E-state index < -0.39 is 49.9 Å². The highest BCUT2D eigenvalue weighted by atomic mass is 31.2. The third kappa shape index (κ3) is 7.72. The Hall–Kier alpha value is -3.60. The van der Waals surface area contributed by atoms with Gasteiger partial charge in [-0.05, 0) is 71.4 Å². The number of hydrogen-bond acceptors (Lipinski definition) is 10. The van der Waals surface area contributed by atoms with Crippen molar-refractivity contribution in [1.29, 1.82) is 0 Å². The van der Waals surface area contributed by atoms with Gasteiger partial charge in [0, 0.05) is 6.54 Å². The number of esters is 2. The maximum absolute atomic E-state index is 13.7. The maximum Gasteiger partial charge on any atom is 0.367 e. The molecular weight excluding hydrogens is 527 g/mol. The number of fused-ring (bicyclic) bond motifs is 1. The maximum atomic E-state index is 13.7. The number of carbonyl (C=O) groups is 3. The SMILES string of the molecule is CC(C)(C)C(=O)OCOP(=O)(OCOC(=O)C(C)(C)C)c1ccc(Cn2cnc3nc(C(N)=O)ccc32)cc1. The lowest BCUT2D eigenvalue weighted by atomic mass is 9.98. The number of aromatic nitrogens is 3. The molecule has 2 heterocycles. The molecule has 39 heavy (non-hydrogen) atoms. The van der Waals surface area contributed by atoms with E-state index in [0.29, 0.717) is 17.7 Å². The third-order valence-electron chi connectivity index (χ3n) is 5.39. The van der Waals surface area contributed by atoms with E-state index in [4.69, 9.17) is 24.3 Å². The van der Waals surface area contributed by atoms with Crippen LogP contribution in [0.5, 0.6) is 0 Å². The zero-order chi connectivity index (χ0) is 29.0. The molecule has 2 N–H and O–H groups in total. The zero-order valence-corrected chi connectivity index (χ0v) is 23.7. The Morgan fingerprint density at radius 3 is 1.90 bits per heavy atom. The molecule has 1 aromatic carbocycles. The molecule has 0 fully saturated rings. The largest absolute Gasteiger partial charge is 0.438 e. The summed E-state index contributed by atoms with van der Waals surface area (Å²) in [4.78, 5) is 44.0. The lowest BCUT2D eigenvalue weighted by molar-refractivity contribution is -0.161. The zero-order valence-electron chi connectivity index (χ0n) is 22.8. The van der Waals surface area contributed by atoms with Gasteiger partial charge in [-0.2, -0.15) is 0 Å². The van der Waals surface area contributed by atoms with Gasteiger partial charge >= 0.3 is 19.5 Å². The van der Waals surface area contributed by atoms with Gasteiger partial charge in [-0.1, -0.05) is 12.1 Å². The van der Waals surface area contributed by atoms with E-state index in [9.17, 15) is 18.9 Å². The first kappa shape index (κ1) is 29.9. The van der Waals surface area contributed by atoms with E-state index in [1.165, 1.54) is 6.07 Å². The summed E-state index contributed by atoms with van der Waals surface area (Å²) < 4.78 is 36.5. The van der Waals surface area contributed by atoms with Crippen LogP contribution in [0.1, 0.15) is 57.6 Å². The highest BCUT2D eigenvalue weighted by Gasteiger charge is 2.32. The smallest absolute Gasteiger partial charge is 0.367 e. The number of nitrogens with two attached hydrogens (primary N) is 1. The Morgan fingerprint density at radius 2 is 1.41 bits per heavy atom. The summed E-state index contributed by atoms with van der Waals surface area (Å²) in [5, 5.41) is 0.174. The van der Waals surface area contributed by atoms with Crippen LogP contribution in [0.25, 0.3) is 11.2 Å². The van der Waals surface area contributed by atoms with Gasteiger partial charge in [0.05, 0.1) is 28.0 Å². The van der Waals surface area contributed by atoms with Crippen LogP contribution in [0.15, 0.2) is 42.7 Å². The van der Waals surface area contributed by atoms with Crippen molar-refractivity contribution >= 4 is 41.9 Å². The summed E-state index contributed by atoms with van der Waals surface area (Å²) in [6.07, 6.45) is 1.58. The second kappa shape index (κ2) is 11.6. The van der Waals surface area contributed by atoms with Crippen molar-refractivity contribution in [2.24, 2.45) is 16.6 Å². The molecule has 0 aliphatic heterocycles. The number of ether oxygens (including phenoxy) is 2. The number of hydrogen-bond donors (Lipinski definition) is 1. The molecule has 0 radical (unpaired) electrons. The fraction of sp³-hybridized carbons (Fsp3) is 0.423. The van der Waals surface area contributed by atoms with Crippen LogP contribution < -0.4 is 11.0 Å². The van der Waals surface area contributed by atoms with Gasteiger partial charge in [0.15, 0.2) is 5.65 Å². The van der Waals surface area contributed by atoms with E-state index in [1.807, 2.05) is 4.57 Å². The Morgan fingerprint density at radius 1 is 0.872 bits per heavy atom. The molecule has 3 aromatic rings. The van der Waals surface area contributed by atoms with Crippen LogP contribution in [0.2, 0.25) is 0 Å². The van der Waals surface area contributed by atoms with E-state index in [1.54, 1.807) is 78.2 Å². The molecule has 0 spiro atoms. The number of nitrogens with zero attached hydrogens (tertiary/aromatic N) is 3. The number of imidazole rings is 1. The number of benzene rings is 1. The van der Waals surface area contributed by atoms with Crippen LogP contribution in [0, 0.1) is 10.8 Å². The van der Waals surface area contributed by atoms with Crippen molar-refractivity contribution in [3.05, 3.63) is 54.0 Å². The van der Waals surface area contributed by atoms with Gasteiger partial charge in [0.25, 0.3) is 5.91 Å². The summed E-state index contributed by atoms with van der Waals surface area (Å²) in [6.45, 7) is 9.19. The van der Waals surface area contributed by atoms with Crippen LogP contribution in [-0.4, -0.2) is 46.0 Å². The molecule has 0 aliphatic rings. The molecule has 0 atom stereocenters. The summed E-state index contributed by atoms with van der Waals surface area (Å²) in [7, 11) is -4.06. The second-order valence-corrected chi connectivity index (χ2v) is 12.8. The molecule has 13 heteroatoms. The molecule has 12 nitrogen and oxygen atoms in total. The Bertz CT molecular complexity index is 1370. The van der Waals surface area contributed by atoms with Crippen molar-refractivity contribution in [3.63, 3.8) is 0 Å². The molecule has 3 rings (SSSR count). The molecule has 0 saturated carbocycles. The quantitative estimate of drug-likeness (QED) is 0.221. The van der Waals surface area contributed by atoms with Crippen molar-refractivity contribution in [2.45, 2.75) is 48.1 Å². The fourth-order valence-electron chi connectivity index (χ4n) is 3.11. The summed E-state index contributed by atoms with van der Waals surface area (Å²) >= 11 is 0. The predicted octanol–water partition coefficient (Wildman–Crippen LogP) is 3.52. The third-order valence-corrected chi connectivity index (χ3v) is 7.21. The van der Waals surface area contributed by atoms with Gasteiger partial charge in [0.2, 0.25) is 13.6 Å². The Kier molecular flexibility index (Phi) is 8.94.